The van der Waals surface area contributed by atoms with Crippen LogP contribution in [0.5, 0.6) is 0 Å². The van der Waals surface area contributed by atoms with Crippen LogP contribution < -0.4 is 44.6 Å². The van der Waals surface area contributed by atoms with E-state index in [9.17, 15) is 38.7 Å². The maximum absolute atomic E-state index is 12.9. The van der Waals surface area contributed by atoms with Crippen LogP contribution in [0.4, 0.5) is 0 Å². The van der Waals surface area contributed by atoms with Gasteiger partial charge in [-0.2, -0.15) is 0 Å². The number of hydrogen-bond acceptors (Lipinski definition) is 9. The molecule has 15 N–H and O–H groups in total. The molecule has 0 bridgehead atoms. The predicted octanol–water partition coefficient (Wildman–Crippen LogP) is -5.09. The van der Waals surface area contributed by atoms with Crippen molar-refractivity contribution in [2.24, 2.45) is 33.7 Å². The van der Waals surface area contributed by atoms with E-state index in [1.807, 2.05) is 0 Å². The van der Waals surface area contributed by atoms with E-state index in [1.54, 1.807) is 0 Å². The van der Waals surface area contributed by atoms with Gasteiger partial charge in [0.1, 0.15) is 18.1 Å². The van der Waals surface area contributed by atoms with Crippen LogP contribution in [-0.2, 0) is 33.6 Å². The number of guanidine groups is 1. The molecule has 0 aromatic rings. The van der Waals surface area contributed by atoms with E-state index >= 15 is 0 Å². The molecule has 5 amide bonds. The van der Waals surface area contributed by atoms with Crippen molar-refractivity contribution in [2.45, 2.75) is 69.1 Å². The second-order valence-electron chi connectivity index (χ2n) is 8.18. The summed E-state index contributed by atoms with van der Waals surface area (Å²) < 4.78 is 0. The van der Waals surface area contributed by atoms with Crippen LogP contribution in [0.25, 0.3) is 0 Å². The summed E-state index contributed by atoms with van der Waals surface area (Å²) in [5, 5.41) is 24.8. The third kappa shape index (κ3) is 14.8. The van der Waals surface area contributed by atoms with Gasteiger partial charge < -0.3 is 54.8 Å². The zero-order chi connectivity index (χ0) is 29.4. The summed E-state index contributed by atoms with van der Waals surface area (Å²) in [7, 11) is 0. The number of nitrogens with one attached hydrogen (secondary N) is 3. The molecule has 38 heavy (non-hydrogen) atoms. The lowest BCUT2D eigenvalue weighted by Crippen LogP contribution is -2.57. The summed E-state index contributed by atoms with van der Waals surface area (Å²) in [6.07, 6.45) is -2.02. The van der Waals surface area contributed by atoms with Crippen LogP contribution in [0.1, 0.15) is 44.9 Å². The number of nitrogens with two attached hydrogens (primary N) is 5. The lowest BCUT2D eigenvalue weighted by molar-refractivity contribution is -0.143. The molecule has 0 aliphatic carbocycles. The average molecular weight is 546 g/mol. The molecular weight excluding hydrogens is 510 g/mol. The highest BCUT2D eigenvalue weighted by Gasteiger charge is 2.31. The van der Waals surface area contributed by atoms with Crippen molar-refractivity contribution in [3.05, 3.63) is 0 Å². The Bertz CT molecular complexity index is 922. The molecule has 0 radical (unpaired) electrons. The van der Waals surface area contributed by atoms with Crippen molar-refractivity contribution in [2.75, 3.05) is 6.54 Å². The van der Waals surface area contributed by atoms with Crippen molar-refractivity contribution < 1.29 is 43.8 Å². The highest BCUT2D eigenvalue weighted by molar-refractivity contribution is 5.96. The van der Waals surface area contributed by atoms with Crippen molar-refractivity contribution in [3.8, 4) is 0 Å². The Morgan fingerprint density at radius 3 is 1.74 bits per heavy atom. The summed E-state index contributed by atoms with van der Waals surface area (Å²) in [4.78, 5) is 86.5. The van der Waals surface area contributed by atoms with Gasteiger partial charge in [-0.15, -0.1) is 0 Å². The van der Waals surface area contributed by atoms with Crippen LogP contribution in [0.2, 0.25) is 0 Å². The Balaban J connectivity index is 5.67. The molecular formula is C20H35N9O9. The second-order valence-corrected chi connectivity index (χ2v) is 8.18. The number of carboxylic acid groups (broad SMARTS) is 2. The molecule has 214 valence electrons. The first kappa shape index (κ1) is 33.5. The molecule has 0 heterocycles. The fraction of sp³-hybridized carbons (Fsp3) is 0.600. The molecule has 4 unspecified atom stereocenters. The van der Waals surface area contributed by atoms with E-state index in [4.69, 9.17) is 33.8 Å². The zero-order valence-electron chi connectivity index (χ0n) is 20.6. The Morgan fingerprint density at radius 2 is 1.24 bits per heavy atom. The van der Waals surface area contributed by atoms with Gasteiger partial charge in [0.05, 0.1) is 12.5 Å². The lowest BCUT2D eigenvalue weighted by Gasteiger charge is -2.24. The fourth-order valence-electron chi connectivity index (χ4n) is 2.96. The first-order chi connectivity index (χ1) is 17.6. The second kappa shape index (κ2) is 17.1. The average Bonchev–Trinajstić information content (AvgIpc) is 2.80. The van der Waals surface area contributed by atoms with Crippen LogP contribution in [0, 0.1) is 0 Å². The third-order valence-corrected chi connectivity index (χ3v) is 4.92. The number of carbonyl (C=O) groups is 7. The van der Waals surface area contributed by atoms with Crippen LogP contribution in [0.15, 0.2) is 4.99 Å². The molecule has 0 aromatic heterocycles. The van der Waals surface area contributed by atoms with E-state index in [1.165, 1.54) is 0 Å². The monoisotopic (exact) mass is 545 g/mol. The van der Waals surface area contributed by atoms with Gasteiger partial charge in [0, 0.05) is 19.4 Å². The number of hydrogen-bond donors (Lipinski definition) is 10. The summed E-state index contributed by atoms with van der Waals surface area (Å²) in [6.45, 7) is 0.0412. The zero-order valence-corrected chi connectivity index (χ0v) is 20.6. The van der Waals surface area contributed by atoms with Crippen molar-refractivity contribution in [1.82, 2.24) is 16.0 Å². The Labute approximate surface area is 217 Å². The van der Waals surface area contributed by atoms with Crippen LogP contribution in [0.3, 0.4) is 0 Å². The quantitative estimate of drug-likeness (QED) is 0.0414. The molecule has 0 aliphatic rings. The lowest BCUT2D eigenvalue weighted by atomic mass is 10.1. The Morgan fingerprint density at radius 1 is 0.684 bits per heavy atom. The number of carboxylic acids is 2. The van der Waals surface area contributed by atoms with Crippen molar-refractivity contribution in [3.63, 3.8) is 0 Å². The maximum atomic E-state index is 12.9. The summed E-state index contributed by atoms with van der Waals surface area (Å²) in [5.41, 5.74) is 26.3. The summed E-state index contributed by atoms with van der Waals surface area (Å²) in [5.74, 6) is -7.63. The maximum Gasteiger partial charge on any atom is 0.326 e. The SMILES string of the molecule is NC(=O)CCC(N)C(=O)NC(CC(N)=O)C(=O)NC(CCCN=C(N)N)C(=O)NC(CCC(=O)O)C(=O)O. The molecule has 0 aliphatic heterocycles. The predicted molar refractivity (Wildman–Crippen MR) is 130 cm³/mol. The number of nitrogens with zero attached hydrogens (tertiary/aromatic N) is 1. The number of rotatable bonds is 19. The standard InChI is InChI=1S/C20H35N9O9/c21-9(3-5-13(22)30)16(34)29-12(8-14(23)31)18(36)27-10(2-1-7-26-20(24)25)17(35)28-11(19(37)38)4-6-15(32)33/h9-12H,1-8,21H2,(H2,22,30)(H2,23,31)(H,27,36)(H,28,35)(H,29,34)(H,32,33)(H,37,38)(H4,24,25,26). The molecule has 18 heteroatoms. The minimum absolute atomic E-state index is 0.0412. The Hall–Kier alpha value is -4.48. The molecule has 0 saturated carbocycles. The van der Waals surface area contributed by atoms with E-state index in [-0.39, 0.29) is 38.2 Å². The highest BCUT2D eigenvalue weighted by atomic mass is 16.4. The normalized spacial score (nSPS) is 13.6. The van der Waals surface area contributed by atoms with E-state index in [2.05, 4.69) is 20.9 Å². The van der Waals surface area contributed by atoms with Gasteiger partial charge >= 0.3 is 11.9 Å². The van der Waals surface area contributed by atoms with Gasteiger partial charge in [0.15, 0.2) is 5.96 Å². The molecule has 0 rings (SSSR count). The van der Waals surface area contributed by atoms with Gasteiger partial charge in [-0.1, -0.05) is 0 Å². The van der Waals surface area contributed by atoms with E-state index in [0.717, 1.165) is 0 Å². The van der Waals surface area contributed by atoms with Crippen LogP contribution >= 0.6 is 0 Å². The minimum Gasteiger partial charge on any atom is -0.481 e. The van der Waals surface area contributed by atoms with E-state index in [0.29, 0.717) is 0 Å². The Kier molecular flexibility index (Phi) is 15.0. The number of aliphatic carboxylic acids is 2. The van der Waals surface area contributed by atoms with Crippen molar-refractivity contribution >= 4 is 47.4 Å². The number of primary amides is 2. The number of amides is 5. The number of carbonyl (C=O) groups excluding carboxylic acids is 5. The first-order valence-electron chi connectivity index (χ1n) is 11.4. The van der Waals surface area contributed by atoms with E-state index < -0.39 is 84.9 Å². The highest BCUT2D eigenvalue weighted by Crippen LogP contribution is 2.05. The van der Waals surface area contributed by atoms with Gasteiger partial charge in [0.2, 0.25) is 29.5 Å². The van der Waals surface area contributed by atoms with Gasteiger partial charge in [-0.25, -0.2) is 4.79 Å². The molecule has 4 atom stereocenters. The van der Waals surface area contributed by atoms with Gasteiger partial charge in [0.25, 0.3) is 0 Å². The summed E-state index contributed by atoms with van der Waals surface area (Å²) in [6, 6.07) is -5.82. The van der Waals surface area contributed by atoms with Gasteiger partial charge in [-0.3, -0.25) is 33.8 Å². The topological polar surface area (TPSA) is 338 Å². The fourth-order valence-corrected chi connectivity index (χ4v) is 2.96. The van der Waals surface area contributed by atoms with Crippen molar-refractivity contribution in [1.29, 1.82) is 0 Å². The smallest absolute Gasteiger partial charge is 0.326 e. The molecule has 0 spiro atoms. The molecule has 0 saturated heterocycles. The minimum atomic E-state index is -1.58. The first-order valence-corrected chi connectivity index (χ1v) is 11.4. The number of aliphatic imine (C=N–C) groups is 1. The molecule has 18 nitrogen and oxygen atoms in total. The van der Waals surface area contributed by atoms with Gasteiger partial charge in [-0.05, 0) is 25.7 Å². The van der Waals surface area contributed by atoms with Crippen LogP contribution in [-0.4, -0.2) is 88.4 Å². The molecule has 0 aromatic carbocycles. The largest absolute Gasteiger partial charge is 0.481 e. The summed E-state index contributed by atoms with van der Waals surface area (Å²) >= 11 is 0. The molecule has 0 fully saturated rings. The third-order valence-electron chi connectivity index (χ3n) is 4.92.